The van der Waals surface area contributed by atoms with Crippen LogP contribution in [0.2, 0.25) is 0 Å². The van der Waals surface area contributed by atoms with E-state index in [4.69, 9.17) is 0 Å². The minimum atomic E-state index is -2.83. The smallest absolute Gasteiger partial charge is 0.179 e. The number of nitrogens with zero attached hydrogens (tertiary/aromatic N) is 3. The molecule has 0 radical (unpaired) electrons. The Morgan fingerprint density at radius 3 is 1.03 bits per heavy atom. The van der Waals surface area contributed by atoms with E-state index >= 15 is 0 Å². The topological polar surface area (TPSA) is 14.8 Å². The highest BCUT2D eigenvalue weighted by atomic mass is 28.3. The van der Waals surface area contributed by atoms with Gasteiger partial charge in [0.25, 0.3) is 0 Å². The van der Waals surface area contributed by atoms with Crippen LogP contribution in [0.25, 0.3) is 93.6 Å². The number of para-hydroxylation sites is 3. The molecule has 0 amide bonds. The fourth-order valence-corrected chi connectivity index (χ4v) is 16.5. The van der Waals surface area contributed by atoms with Crippen molar-refractivity contribution in [1.82, 2.24) is 13.7 Å². The molecule has 0 bridgehead atoms. The van der Waals surface area contributed by atoms with Gasteiger partial charge in [-0.2, -0.15) is 0 Å². The molecular formula is C66H45N3Si. The van der Waals surface area contributed by atoms with Crippen molar-refractivity contribution in [2.75, 3.05) is 0 Å². The summed E-state index contributed by atoms with van der Waals surface area (Å²) in [6, 6.07) is 101. The molecule has 0 saturated carbocycles. The largest absolute Gasteiger partial charge is 0.309 e. The van der Waals surface area contributed by atoms with Crippen molar-refractivity contribution in [3.63, 3.8) is 0 Å². The first-order valence-electron chi connectivity index (χ1n) is 24.2. The molecule has 0 spiro atoms. The Hall–Kier alpha value is -8.96. The summed E-state index contributed by atoms with van der Waals surface area (Å²) >= 11 is 0. The Labute approximate surface area is 407 Å². The zero-order chi connectivity index (χ0) is 46.2. The predicted octanol–water partition coefficient (Wildman–Crippen LogP) is 14.0. The molecule has 14 rings (SSSR count). The number of benzene rings is 11. The molecule has 3 heterocycles. The molecule has 0 aliphatic rings. The van der Waals surface area contributed by atoms with Crippen LogP contribution in [0.5, 0.6) is 0 Å². The van der Waals surface area contributed by atoms with Gasteiger partial charge in [-0.25, -0.2) is 0 Å². The first-order valence-corrected chi connectivity index (χ1v) is 26.2. The van der Waals surface area contributed by atoms with E-state index in [1.165, 1.54) is 91.8 Å². The van der Waals surface area contributed by atoms with Crippen molar-refractivity contribution < 1.29 is 0 Å². The van der Waals surface area contributed by atoms with Gasteiger partial charge in [0.15, 0.2) is 8.07 Å². The van der Waals surface area contributed by atoms with Crippen LogP contribution in [0.15, 0.2) is 273 Å². The molecule has 328 valence electrons. The number of hydrogen-bond donors (Lipinski definition) is 0. The van der Waals surface area contributed by atoms with Crippen molar-refractivity contribution in [2.24, 2.45) is 0 Å². The quantitative estimate of drug-likeness (QED) is 0.107. The van der Waals surface area contributed by atoms with Crippen molar-refractivity contribution in [2.45, 2.75) is 0 Å². The number of aromatic nitrogens is 3. The predicted molar refractivity (Wildman–Crippen MR) is 299 cm³/mol. The van der Waals surface area contributed by atoms with E-state index in [2.05, 4.69) is 287 Å². The summed E-state index contributed by atoms with van der Waals surface area (Å²) in [5.74, 6) is 0. The van der Waals surface area contributed by atoms with E-state index in [0.717, 1.165) is 22.6 Å². The van der Waals surface area contributed by atoms with Gasteiger partial charge in [-0.15, -0.1) is 0 Å². The fourth-order valence-electron chi connectivity index (χ4n) is 11.7. The van der Waals surface area contributed by atoms with Gasteiger partial charge in [0.2, 0.25) is 0 Å². The Balaban J connectivity index is 1.06. The van der Waals surface area contributed by atoms with Crippen LogP contribution in [-0.2, 0) is 0 Å². The lowest BCUT2D eigenvalue weighted by Gasteiger charge is -2.34. The van der Waals surface area contributed by atoms with E-state index < -0.39 is 8.07 Å². The zero-order valence-corrected chi connectivity index (χ0v) is 39.3. The van der Waals surface area contributed by atoms with Gasteiger partial charge in [-0.1, -0.05) is 212 Å². The molecule has 70 heavy (non-hydrogen) atoms. The molecule has 0 saturated heterocycles. The van der Waals surface area contributed by atoms with E-state index in [0.29, 0.717) is 0 Å². The average Bonchev–Trinajstić information content (AvgIpc) is 4.07. The molecule has 0 atom stereocenters. The highest BCUT2D eigenvalue weighted by Gasteiger charge is 2.41. The summed E-state index contributed by atoms with van der Waals surface area (Å²) in [6.07, 6.45) is 0. The number of fused-ring (bicyclic) bond motifs is 9. The molecule has 14 aromatic rings. The summed E-state index contributed by atoms with van der Waals surface area (Å²) < 4.78 is 7.40. The Morgan fingerprint density at radius 2 is 0.543 bits per heavy atom. The van der Waals surface area contributed by atoms with Crippen molar-refractivity contribution in [3.8, 4) is 28.2 Å². The SMILES string of the molecule is c1ccc(-c2ccc(-n3c4ccccc4c4ccc(-n5c6ccc([Si](c7ccccc7)(c7ccccc7)c7ccccc7)cc6c6ccc(-n7c8ccccc8c8ccccc87)cc65)cc43)cc2)cc1. The van der Waals surface area contributed by atoms with Crippen LogP contribution in [0.4, 0.5) is 0 Å². The molecule has 3 aromatic heterocycles. The Kier molecular flexibility index (Phi) is 9.23. The lowest BCUT2D eigenvalue weighted by molar-refractivity contribution is 1.14. The van der Waals surface area contributed by atoms with Crippen molar-refractivity contribution in [3.05, 3.63) is 273 Å². The normalized spacial score (nSPS) is 12.0. The first kappa shape index (κ1) is 40.1. The molecular weight excluding hydrogens is 863 g/mol. The molecule has 11 aromatic carbocycles. The maximum absolute atomic E-state index is 2.83. The third-order valence-electron chi connectivity index (χ3n) is 14.8. The summed E-state index contributed by atoms with van der Waals surface area (Å²) in [7, 11) is -2.83. The van der Waals surface area contributed by atoms with E-state index in [-0.39, 0.29) is 0 Å². The maximum Gasteiger partial charge on any atom is 0.179 e. The monoisotopic (exact) mass is 907 g/mol. The summed E-state index contributed by atoms with van der Waals surface area (Å²) in [4.78, 5) is 0. The maximum atomic E-state index is 2.54. The van der Waals surface area contributed by atoms with E-state index in [1.54, 1.807) is 0 Å². The molecule has 0 N–H and O–H groups in total. The first-order chi connectivity index (χ1) is 34.7. The highest BCUT2D eigenvalue weighted by Crippen LogP contribution is 2.39. The second-order valence-electron chi connectivity index (χ2n) is 18.5. The Bertz CT molecular complexity index is 4110. The highest BCUT2D eigenvalue weighted by molar-refractivity contribution is 7.20. The van der Waals surface area contributed by atoms with Gasteiger partial charge >= 0.3 is 0 Å². The van der Waals surface area contributed by atoms with Gasteiger partial charge in [0.05, 0.1) is 33.1 Å². The van der Waals surface area contributed by atoms with Crippen LogP contribution in [0, 0.1) is 0 Å². The van der Waals surface area contributed by atoms with Gasteiger partial charge in [0, 0.05) is 49.4 Å². The van der Waals surface area contributed by atoms with Gasteiger partial charge in [0.1, 0.15) is 0 Å². The minimum Gasteiger partial charge on any atom is -0.309 e. The molecule has 0 aliphatic heterocycles. The number of rotatable bonds is 8. The summed E-state index contributed by atoms with van der Waals surface area (Å²) in [6.45, 7) is 0. The van der Waals surface area contributed by atoms with Crippen LogP contribution in [-0.4, -0.2) is 21.8 Å². The second-order valence-corrected chi connectivity index (χ2v) is 22.3. The van der Waals surface area contributed by atoms with Crippen LogP contribution in [0.1, 0.15) is 0 Å². The van der Waals surface area contributed by atoms with Gasteiger partial charge in [-0.05, 0) is 92.5 Å². The number of hydrogen-bond acceptors (Lipinski definition) is 0. The third kappa shape index (κ3) is 6.07. The fraction of sp³-hybridized carbons (Fsp3) is 0. The standard InChI is InChI=1S/C66H45N3Si/c1-5-19-46(20-6-1)47-33-35-48(36-34-47)67-61-30-16-15-29-57(61)58-40-37-50(44-65(58)67)69-64-42-39-54(70(51-21-7-2-8-22-51,52-23-9-3-10-24-52)53-25-11-4-12-26-53)45-60(64)59-41-38-49(43-66(59)69)68-62-31-17-13-27-55(62)56-28-14-18-32-63(56)68/h1-45H. The summed E-state index contributed by atoms with van der Waals surface area (Å²) in [5, 5.41) is 12.9. The Morgan fingerprint density at radius 1 is 0.200 bits per heavy atom. The molecule has 0 aliphatic carbocycles. The van der Waals surface area contributed by atoms with Gasteiger partial charge < -0.3 is 13.7 Å². The molecule has 4 heteroatoms. The minimum absolute atomic E-state index is 1.11. The van der Waals surface area contributed by atoms with E-state index in [9.17, 15) is 0 Å². The van der Waals surface area contributed by atoms with E-state index in [1.807, 2.05) is 0 Å². The van der Waals surface area contributed by atoms with Crippen molar-refractivity contribution in [1.29, 1.82) is 0 Å². The average molecular weight is 908 g/mol. The molecule has 0 unspecified atom stereocenters. The second kappa shape index (κ2) is 16.1. The van der Waals surface area contributed by atoms with Crippen LogP contribution >= 0.6 is 0 Å². The van der Waals surface area contributed by atoms with Crippen LogP contribution < -0.4 is 20.7 Å². The third-order valence-corrected chi connectivity index (χ3v) is 19.6. The van der Waals surface area contributed by atoms with Crippen LogP contribution in [0.3, 0.4) is 0 Å². The molecule has 3 nitrogen and oxygen atoms in total. The molecule has 0 fully saturated rings. The lowest BCUT2D eigenvalue weighted by Crippen LogP contribution is -2.74. The summed E-state index contributed by atoms with van der Waals surface area (Å²) in [5.41, 5.74) is 12.9. The zero-order valence-electron chi connectivity index (χ0n) is 38.3. The lowest BCUT2D eigenvalue weighted by atomic mass is 10.1. The van der Waals surface area contributed by atoms with Gasteiger partial charge in [-0.3, -0.25) is 0 Å². The van der Waals surface area contributed by atoms with Crippen molar-refractivity contribution >= 4 is 94.2 Å².